The van der Waals surface area contributed by atoms with Crippen molar-refractivity contribution in [2.75, 3.05) is 12.3 Å². The second-order valence-electron chi connectivity index (χ2n) is 8.68. The van der Waals surface area contributed by atoms with Crippen molar-refractivity contribution in [3.63, 3.8) is 0 Å². The lowest BCUT2D eigenvalue weighted by Gasteiger charge is -2.33. The summed E-state index contributed by atoms with van der Waals surface area (Å²) < 4.78 is 14.0. The number of nitrogens with zero attached hydrogens (tertiary/aromatic N) is 1. The Hall–Kier alpha value is -2.05. The van der Waals surface area contributed by atoms with Crippen molar-refractivity contribution >= 4 is 35.2 Å². The quantitative estimate of drug-likeness (QED) is 0.492. The molecule has 0 saturated heterocycles. The van der Waals surface area contributed by atoms with Crippen LogP contribution in [-0.4, -0.2) is 40.6 Å². The highest BCUT2D eigenvalue weighted by atomic mass is 35.5. The number of carbonyl (C=O) groups is 2. The van der Waals surface area contributed by atoms with Gasteiger partial charge in [-0.3, -0.25) is 9.59 Å². The summed E-state index contributed by atoms with van der Waals surface area (Å²) in [4.78, 5) is 27.8. The van der Waals surface area contributed by atoms with Gasteiger partial charge in [0.05, 0.1) is 5.75 Å². The molecule has 2 aromatic rings. The van der Waals surface area contributed by atoms with Gasteiger partial charge in [-0.1, -0.05) is 54.9 Å². The van der Waals surface area contributed by atoms with Crippen LogP contribution in [-0.2, 0) is 21.8 Å². The fourth-order valence-corrected chi connectivity index (χ4v) is 4.59. The minimum atomic E-state index is -0.567. The van der Waals surface area contributed by atoms with Gasteiger partial charge in [0.15, 0.2) is 0 Å². The van der Waals surface area contributed by atoms with E-state index in [0.717, 1.165) is 5.56 Å². The van der Waals surface area contributed by atoms with Crippen LogP contribution in [0.15, 0.2) is 48.5 Å². The topological polar surface area (TPSA) is 49.4 Å². The zero-order chi connectivity index (χ0) is 23.7. The molecule has 2 aromatic carbocycles. The fraction of sp³-hybridized carbons (Fsp3) is 0.440. The van der Waals surface area contributed by atoms with Gasteiger partial charge in [0, 0.05) is 28.4 Å². The number of carbonyl (C=O) groups excluding carboxylic acids is 2. The van der Waals surface area contributed by atoms with E-state index in [9.17, 15) is 14.0 Å². The average molecular weight is 479 g/mol. The Balaban J connectivity index is 2.12. The van der Waals surface area contributed by atoms with Crippen molar-refractivity contribution in [2.45, 2.75) is 57.9 Å². The van der Waals surface area contributed by atoms with E-state index in [2.05, 4.69) is 5.32 Å². The summed E-state index contributed by atoms with van der Waals surface area (Å²) >= 11 is 7.40. The molecule has 0 aromatic heterocycles. The summed E-state index contributed by atoms with van der Waals surface area (Å²) in [5.74, 6) is -0.264. The van der Waals surface area contributed by atoms with Crippen molar-refractivity contribution in [2.24, 2.45) is 0 Å². The predicted octanol–water partition coefficient (Wildman–Crippen LogP) is 5.48. The molecule has 2 rings (SSSR count). The van der Waals surface area contributed by atoms with Crippen LogP contribution in [0.3, 0.4) is 0 Å². The summed E-state index contributed by atoms with van der Waals surface area (Å²) in [5, 5.41) is 3.34. The van der Waals surface area contributed by atoms with E-state index in [1.165, 1.54) is 17.8 Å². The zero-order valence-electron chi connectivity index (χ0n) is 19.2. The first kappa shape index (κ1) is 26.2. The molecule has 32 heavy (non-hydrogen) atoms. The van der Waals surface area contributed by atoms with Crippen molar-refractivity contribution in [1.29, 1.82) is 0 Å². The first-order valence-corrected chi connectivity index (χ1v) is 12.3. The summed E-state index contributed by atoms with van der Waals surface area (Å²) in [6.45, 7) is 8.09. The van der Waals surface area contributed by atoms with Crippen LogP contribution in [0.1, 0.15) is 45.2 Å². The smallest absolute Gasteiger partial charge is 0.243 e. The number of benzene rings is 2. The SMILES string of the molecule is CC[C@H](C(=O)NC(C)(C)C)N(CCc1ccccc1)C(=O)CSCc1c(F)cccc1Cl. The van der Waals surface area contributed by atoms with Crippen LogP contribution in [0.5, 0.6) is 0 Å². The van der Waals surface area contributed by atoms with Gasteiger partial charge in [0.25, 0.3) is 0 Å². The molecule has 1 N–H and O–H groups in total. The van der Waals surface area contributed by atoms with Crippen molar-refractivity contribution in [3.05, 3.63) is 70.5 Å². The van der Waals surface area contributed by atoms with Crippen molar-refractivity contribution in [3.8, 4) is 0 Å². The Kier molecular flexibility index (Phi) is 10.0. The van der Waals surface area contributed by atoms with E-state index < -0.39 is 11.6 Å². The molecule has 0 aliphatic carbocycles. The third-order valence-electron chi connectivity index (χ3n) is 4.90. The standard InChI is InChI=1S/C25H32ClFN2O2S/c1-5-22(24(31)28-25(2,3)4)29(15-14-18-10-7-6-8-11-18)23(30)17-32-16-19-20(26)12-9-13-21(19)27/h6-13,22H,5,14-17H2,1-4H3,(H,28,31)/t22-/m1/s1. The van der Waals surface area contributed by atoms with Crippen LogP contribution >= 0.6 is 23.4 Å². The second-order valence-corrected chi connectivity index (χ2v) is 10.1. The molecule has 0 spiro atoms. The largest absolute Gasteiger partial charge is 0.350 e. The highest BCUT2D eigenvalue weighted by Gasteiger charge is 2.30. The Labute approximate surface area is 199 Å². The molecule has 174 valence electrons. The number of thioether (sulfide) groups is 1. The summed E-state index contributed by atoms with van der Waals surface area (Å²) in [6, 6.07) is 13.9. The van der Waals surface area contributed by atoms with Gasteiger partial charge in [-0.25, -0.2) is 4.39 Å². The first-order chi connectivity index (χ1) is 15.1. The van der Waals surface area contributed by atoms with Crippen LogP contribution in [0, 0.1) is 5.82 Å². The van der Waals surface area contributed by atoms with Gasteiger partial charge in [-0.2, -0.15) is 0 Å². The molecule has 0 aliphatic rings. The Morgan fingerprint density at radius 2 is 1.81 bits per heavy atom. The third-order valence-corrected chi connectivity index (χ3v) is 6.20. The Morgan fingerprint density at radius 1 is 1.12 bits per heavy atom. The van der Waals surface area contributed by atoms with Crippen molar-refractivity contribution < 1.29 is 14.0 Å². The van der Waals surface area contributed by atoms with E-state index in [1.54, 1.807) is 17.0 Å². The molecule has 0 saturated carbocycles. The number of hydrogen-bond acceptors (Lipinski definition) is 3. The van der Waals surface area contributed by atoms with E-state index in [1.807, 2.05) is 58.0 Å². The normalized spacial score (nSPS) is 12.3. The Morgan fingerprint density at radius 3 is 2.41 bits per heavy atom. The van der Waals surface area contributed by atoms with Gasteiger partial charge in [0.2, 0.25) is 11.8 Å². The van der Waals surface area contributed by atoms with Crippen LogP contribution in [0.25, 0.3) is 0 Å². The van der Waals surface area contributed by atoms with Crippen LogP contribution in [0.4, 0.5) is 4.39 Å². The minimum Gasteiger partial charge on any atom is -0.350 e. The van der Waals surface area contributed by atoms with E-state index >= 15 is 0 Å². The molecular weight excluding hydrogens is 447 g/mol. The molecule has 0 aliphatic heterocycles. The lowest BCUT2D eigenvalue weighted by molar-refractivity contribution is -0.139. The minimum absolute atomic E-state index is 0.138. The number of rotatable bonds is 10. The Bertz CT molecular complexity index is 882. The molecule has 0 heterocycles. The van der Waals surface area contributed by atoms with Gasteiger partial charge >= 0.3 is 0 Å². The van der Waals surface area contributed by atoms with E-state index in [0.29, 0.717) is 30.0 Å². The maximum atomic E-state index is 14.0. The average Bonchev–Trinajstić information content (AvgIpc) is 2.72. The molecule has 0 bridgehead atoms. The molecule has 0 unspecified atom stereocenters. The lowest BCUT2D eigenvalue weighted by Crippen LogP contribution is -2.54. The maximum Gasteiger partial charge on any atom is 0.243 e. The monoisotopic (exact) mass is 478 g/mol. The predicted molar refractivity (Wildman–Crippen MR) is 131 cm³/mol. The highest BCUT2D eigenvalue weighted by molar-refractivity contribution is 7.99. The molecule has 2 amide bonds. The van der Waals surface area contributed by atoms with Crippen LogP contribution < -0.4 is 5.32 Å². The van der Waals surface area contributed by atoms with Gasteiger partial charge in [0.1, 0.15) is 11.9 Å². The molecule has 0 radical (unpaired) electrons. The van der Waals surface area contributed by atoms with Gasteiger partial charge in [-0.15, -0.1) is 11.8 Å². The summed E-state index contributed by atoms with van der Waals surface area (Å²) in [6.07, 6.45) is 1.15. The first-order valence-electron chi connectivity index (χ1n) is 10.8. The number of halogens is 2. The van der Waals surface area contributed by atoms with Gasteiger partial charge in [-0.05, 0) is 51.3 Å². The van der Waals surface area contributed by atoms with Crippen molar-refractivity contribution in [1.82, 2.24) is 10.2 Å². The number of amides is 2. The molecule has 7 heteroatoms. The number of nitrogens with one attached hydrogen (secondary N) is 1. The fourth-order valence-electron chi connectivity index (χ4n) is 3.34. The zero-order valence-corrected chi connectivity index (χ0v) is 20.7. The second kappa shape index (κ2) is 12.3. The molecule has 4 nitrogen and oxygen atoms in total. The third kappa shape index (κ3) is 8.14. The molecule has 1 atom stereocenters. The summed E-state index contributed by atoms with van der Waals surface area (Å²) in [5.41, 5.74) is 1.09. The maximum absolute atomic E-state index is 14.0. The number of hydrogen-bond donors (Lipinski definition) is 1. The lowest BCUT2D eigenvalue weighted by atomic mass is 10.1. The highest BCUT2D eigenvalue weighted by Crippen LogP contribution is 2.24. The van der Waals surface area contributed by atoms with E-state index in [4.69, 9.17) is 11.6 Å². The van der Waals surface area contributed by atoms with Crippen LogP contribution in [0.2, 0.25) is 5.02 Å². The molecular formula is C25H32ClFN2O2S. The summed E-state index contributed by atoms with van der Waals surface area (Å²) in [7, 11) is 0. The van der Waals surface area contributed by atoms with Gasteiger partial charge < -0.3 is 10.2 Å². The van der Waals surface area contributed by atoms with E-state index in [-0.39, 0.29) is 29.1 Å². The molecule has 0 fully saturated rings.